The maximum atomic E-state index is 2.15. The smallest absolute Gasteiger partial charge is 0 e. The van der Waals surface area contributed by atoms with Gasteiger partial charge >= 0.3 is 0 Å². The van der Waals surface area contributed by atoms with Crippen molar-refractivity contribution in [1.82, 2.24) is 0 Å². The fraction of sp³-hybridized carbons (Fsp3) is 1.00. The average Bonchev–Trinajstić information content (AvgIpc) is 0.918. The second-order valence-electron chi connectivity index (χ2n) is 0.500. The summed E-state index contributed by atoms with van der Waals surface area (Å²) in [6.45, 7) is 4.31. The van der Waals surface area contributed by atoms with E-state index in [-0.39, 0.29) is 22.4 Å². The number of rotatable bonds is 0. The van der Waals surface area contributed by atoms with Gasteiger partial charge in [-0.25, -0.2) is 0 Å². The molecule has 0 amide bonds. The molecule has 0 N–H and O–H groups in total. The largest absolute Gasteiger partial charge is 0.129 e. The van der Waals surface area contributed by atoms with E-state index < -0.39 is 0 Å². The van der Waals surface area contributed by atoms with Gasteiger partial charge in [0.15, 0.2) is 0 Å². The molecule has 31 valence electrons. The Morgan fingerprint density at radius 1 is 1.25 bits per heavy atom. The molecule has 0 aromatic carbocycles. The molecule has 0 bridgehead atoms. The van der Waals surface area contributed by atoms with Crippen LogP contribution in [0.4, 0.5) is 0 Å². The molecule has 0 aromatic heterocycles. The van der Waals surface area contributed by atoms with Crippen LogP contribution in [0.2, 0.25) is 0 Å². The Hall–Kier alpha value is 1.17. The van der Waals surface area contributed by atoms with E-state index in [9.17, 15) is 0 Å². The molecule has 0 aliphatic rings. The SMILES string of the molecule is CPC.[Au]. The van der Waals surface area contributed by atoms with Crippen molar-refractivity contribution in [2.75, 3.05) is 13.3 Å². The summed E-state index contributed by atoms with van der Waals surface area (Å²) >= 11 is 0. The van der Waals surface area contributed by atoms with Gasteiger partial charge in [0.2, 0.25) is 0 Å². The Morgan fingerprint density at radius 3 is 1.25 bits per heavy atom. The van der Waals surface area contributed by atoms with Crippen LogP contribution >= 0.6 is 8.58 Å². The van der Waals surface area contributed by atoms with E-state index in [1.54, 1.807) is 0 Å². The van der Waals surface area contributed by atoms with Gasteiger partial charge in [-0.05, 0) is 13.3 Å². The zero-order valence-corrected chi connectivity index (χ0v) is 5.97. The molecule has 0 saturated carbocycles. The van der Waals surface area contributed by atoms with Crippen LogP contribution in [0, 0.1) is 0 Å². The molecule has 0 aromatic rings. The van der Waals surface area contributed by atoms with Gasteiger partial charge in [-0.2, -0.15) is 0 Å². The second kappa shape index (κ2) is 8.90. The predicted molar refractivity (Wildman–Crippen MR) is 20.2 cm³/mol. The Kier molecular flexibility index (Phi) is 19.9. The Morgan fingerprint density at radius 2 is 1.25 bits per heavy atom. The van der Waals surface area contributed by atoms with Crippen molar-refractivity contribution in [2.24, 2.45) is 0 Å². The van der Waals surface area contributed by atoms with Crippen molar-refractivity contribution in [3.05, 3.63) is 0 Å². The van der Waals surface area contributed by atoms with Crippen LogP contribution in [0.5, 0.6) is 0 Å². The monoisotopic (exact) mass is 259 g/mol. The molecule has 0 spiro atoms. The minimum atomic E-state index is 0. The first-order valence-electron chi connectivity index (χ1n) is 1.00. The first kappa shape index (κ1) is 8.95. The van der Waals surface area contributed by atoms with E-state index in [1.807, 2.05) is 0 Å². The van der Waals surface area contributed by atoms with E-state index in [1.165, 1.54) is 0 Å². The van der Waals surface area contributed by atoms with Crippen LogP contribution in [0.1, 0.15) is 0 Å². The van der Waals surface area contributed by atoms with Crippen LogP contribution in [0.15, 0.2) is 0 Å². The molecule has 4 heavy (non-hydrogen) atoms. The van der Waals surface area contributed by atoms with Crippen molar-refractivity contribution >= 4 is 8.58 Å². The van der Waals surface area contributed by atoms with Crippen molar-refractivity contribution in [2.45, 2.75) is 0 Å². The van der Waals surface area contributed by atoms with Gasteiger partial charge in [-0.1, -0.05) is 0 Å². The zero-order valence-electron chi connectivity index (χ0n) is 2.80. The van der Waals surface area contributed by atoms with Crippen LogP contribution in [-0.2, 0) is 22.4 Å². The Balaban J connectivity index is 0. The van der Waals surface area contributed by atoms with Crippen LogP contribution in [0.3, 0.4) is 0 Å². The van der Waals surface area contributed by atoms with Crippen molar-refractivity contribution in [3.63, 3.8) is 0 Å². The molecule has 0 aliphatic carbocycles. The third-order valence-corrected chi connectivity index (χ3v) is 0. The van der Waals surface area contributed by atoms with E-state index in [0.29, 0.717) is 0 Å². The molecule has 0 rings (SSSR count). The van der Waals surface area contributed by atoms with Gasteiger partial charge in [0.05, 0.1) is 0 Å². The number of hydrogen-bond acceptors (Lipinski definition) is 0. The minimum Gasteiger partial charge on any atom is -0.129 e. The Labute approximate surface area is 44.7 Å². The molecule has 0 aliphatic heterocycles. The molecule has 0 nitrogen and oxygen atoms in total. The summed E-state index contributed by atoms with van der Waals surface area (Å²) < 4.78 is 0. The summed E-state index contributed by atoms with van der Waals surface area (Å²) in [5.74, 6) is 0. The van der Waals surface area contributed by atoms with Gasteiger partial charge in [-0.3, -0.25) is 0 Å². The summed E-state index contributed by atoms with van der Waals surface area (Å²) in [5.41, 5.74) is 0. The van der Waals surface area contributed by atoms with E-state index in [4.69, 9.17) is 0 Å². The van der Waals surface area contributed by atoms with E-state index in [0.717, 1.165) is 8.58 Å². The van der Waals surface area contributed by atoms with Gasteiger partial charge < -0.3 is 0 Å². The molecule has 2 heteroatoms. The molecule has 0 saturated heterocycles. The molecule has 0 atom stereocenters. The first-order chi connectivity index (χ1) is 1.41. The molecule has 1 radical (unpaired) electrons. The van der Waals surface area contributed by atoms with Gasteiger partial charge in [0.1, 0.15) is 0 Å². The predicted octanol–water partition coefficient (Wildman–Crippen LogP) is 0.922. The van der Waals surface area contributed by atoms with Crippen molar-refractivity contribution < 1.29 is 22.4 Å². The third kappa shape index (κ3) is 10.9. The van der Waals surface area contributed by atoms with Crippen molar-refractivity contribution in [3.8, 4) is 0 Å². The minimum absolute atomic E-state index is 0. The third-order valence-electron chi connectivity index (χ3n) is 0. The van der Waals surface area contributed by atoms with Gasteiger partial charge in [0.25, 0.3) is 0 Å². The normalized spacial score (nSPS) is 4.50. The summed E-state index contributed by atoms with van der Waals surface area (Å²) in [4.78, 5) is 0. The molecular formula is C2H7AuP. The number of hydrogen-bond donors (Lipinski definition) is 0. The second-order valence-corrected chi connectivity index (χ2v) is 1.50. The quantitative estimate of drug-likeness (QED) is 0.448. The standard InChI is InChI=1S/C2H7P.Au/c1-3-2;/h3H,1-2H3;. The fourth-order valence-electron chi connectivity index (χ4n) is 0. The summed E-state index contributed by atoms with van der Waals surface area (Å²) in [6.07, 6.45) is 0. The molecule has 0 heterocycles. The molecule has 0 fully saturated rings. The van der Waals surface area contributed by atoms with Crippen molar-refractivity contribution in [1.29, 1.82) is 0 Å². The maximum Gasteiger partial charge on any atom is 0 e. The summed E-state index contributed by atoms with van der Waals surface area (Å²) in [6, 6.07) is 0. The van der Waals surface area contributed by atoms with E-state index >= 15 is 0 Å². The van der Waals surface area contributed by atoms with Crippen LogP contribution in [0.25, 0.3) is 0 Å². The van der Waals surface area contributed by atoms with Crippen LogP contribution in [-0.4, -0.2) is 13.3 Å². The van der Waals surface area contributed by atoms with Gasteiger partial charge in [0, 0.05) is 22.4 Å². The summed E-state index contributed by atoms with van der Waals surface area (Å²) in [5, 5.41) is 0. The topological polar surface area (TPSA) is 0 Å². The van der Waals surface area contributed by atoms with Crippen LogP contribution < -0.4 is 0 Å². The Bertz CT molecular complexity index is 6.00. The fourth-order valence-corrected chi connectivity index (χ4v) is 0. The molecular weight excluding hydrogens is 252 g/mol. The zero-order chi connectivity index (χ0) is 2.71. The maximum absolute atomic E-state index is 2.15. The average molecular weight is 259 g/mol. The van der Waals surface area contributed by atoms with E-state index in [2.05, 4.69) is 13.3 Å². The van der Waals surface area contributed by atoms with Gasteiger partial charge in [-0.15, -0.1) is 8.58 Å². The molecule has 0 unspecified atom stereocenters. The first-order valence-corrected chi connectivity index (χ1v) is 3.00. The summed E-state index contributed by atoms with van der Waals surface area (Å²) in [7, 11) is 1.08.